The third-order valence-corrected chi connectivity index (χ3v) is 4.01. The van der Waals surface area contributed by atoms with E-state index in [4.69, 9.17) is 16.3 Å². The molecule has 23 heavy (non-hydrogen) atoms. The zero-order chi connectivity index (χ0) is 16.5. The summed E-state index contributed by atoms with van der Waals surface area (Å²) in [5, 5.41) is 4.22. The number of ether oxygens (including phenoxy) is 1. The molecule has 0 heterocycles. The predicted octanol–water partition coefficient (Wildman–Crippen LogP) is 5.51. The fourth-order valence-corrected chi connectivity index (χ4v) is 2.71. The van der Waals surface area contributed by atoms with Crippen LogP contribution in [0.25, 0.3) is 0 Å². The van der Waals surface area contributed by atoms with Gasteiger partial charge in [0.2, 0.25) is 0 Å². The molecular weight excluding hydrogens is 306 g/mol. The molecule has 0 amide bonds. The first-order chi connectivity index (χ1) is 11.2. The van der Waals surface area contributed by atoms with Crippen LogP contribution in [-0.2, 0) is 13.2 Å². The van der Waals surface area contributed by atoms with E-state index in [1.54, 1.807) is 0 Å². The SMILES string of the molecule is CCCCCNCc1cc(Cl)ccc1OCc1cccc(C)c1. The molecule has 0 atom stereocenters. The smallest absolute Gasteiger partial charge is 0.124 e. The van der Waals surface area contributed by atoms with Gasteiger partial charge in [0, 0.05) is 17.1 Å². The molecule has 0 radical (unpaired) electrons. The maximum Gasteiger partial charge on any atom is 0.124 e. The number of aryl methyl sites for hydroxylation is 1. The number of rotatable bonds is 9. The maximum atomic E-state index is 6.13. The molecular formula is C20H26ClNO. The van der Waals surface area contributed by atoms with E-state index < -0.39 is 0 Å². The van der Waals surface area contributed by atoms with Gasteiger partial charge >= 0.3 is 0 Å². The van der Waals surface area contributed by atoms with Gasteiger partial charge in [-0.05, 0) is 43.7 Å². The quantitative estimate of drug-likeness (QED) is 0.612. The minimum atomic E-state index is 0.576. The van der Waals surface area contributed by atoms with Crippen LogP contribution in [0.4, 0.5) is 0 Å². The molecule has 3 heteroatoms. The van der Waals surface area contributed by atoms with E-state index in [0.717, 1.165) is 29.4 Å². The first-order valence-corrected chi connectivity index (χ1v) is 8.74. The summed E-state index contributed by atoms with van der Waals surface area (Å²) in [5.74, 6) is 0.902. The van der Waals surface area contributed by atoms with Crippen LogP contribution < -0.4 is 10.1 Å². The highest BCUT2D eigenvalue weighted by atomic mass is 35.5. The molecule has 0 aliphatic heterocycles. The first kappa shape index (κ1) is 17.8. The van der Waals surface area contributed by atoms with E-state index in [9.17, 15) is 0 Å². The van der Waals surface area contributed by atoms with Crippen LogP contribution in [0.1, 0.15) is 42.9 Å². The van der Waals surface area contributed by atoms with Gasteiger partial charge in [0.05, 0.1) is 0 Å². The van der Waals surface area contributed by atoms with Gasteiger partial charge in [0.15, 0.2) is 0 Å². The lowest BCUT2D eigenvalue weighted by Crippen LogP contribution is -2.15. The van der Waals surface area contributed by atoms with Gasteiger partial charge in [0.25, 0.3) is 0 Å². The lowest BCUT2D eigenvalue weighted by Gasteiger charge is -2.13. The van der Waals surface area contributed by atoms with Crippen molar-refractivity contribution in [2.45, 2.75) is 46.3 Å². The van der Waals surface area contributed by atoms with Crippen molar-refractivity contribution >= 4 is 11.6 Å². The Morgan fingerprint density at radius 3 is 2.74 bits per heavy atom. The van der Waals surface area contributed by atoms with Crippen LogP contribution >= 0.6 is 11.6 Å². The van der Waals surface area contributed by atoms with E-state index in [1.807, 2.05) is 18.2 Å². The topological polar surface area (TPSA) is 21.3 Å². The second kappa shape index (κ2) is 9.59. The third-order valence-electron chi connectivity index (χ3n) is 3.77. The summed E-state index contributed by atoms with van der Waals surface area (Å²) < 4.78 is 6.01. The molecule has 0 spiro atoms. The van der Waals surface area contributed by atoms with Crippen LogP contribution in [-0.4, -0.2) is 6.54 Å². The van der Waals surface area contributed by atoms with Crippen LogP contribution in [0.15, 0.2) is 42.5 Å². The molecule has 0 unspecified atom stereocenters. The monoisotopic (exact) mass is 331 g/mol. The normalized spacial score (nSPS) is 10.7. The fraction of sp³-hybridized carbons (Fsp3) is 0.400. The molecule has 0 fully saturated rings. The van der Waals surface area contributed by atoms with E-state index in [0.29, 0.717) is 6.61 Å². The number of nitrogens with one attached hydrogen (secondary N) is 1. The van der Waals surface area contributed by atoms with Crippen molar-refractivity contribution in [3.8, 4) is 5.75 Å². The minimum Gasteiger partial charge on any atom is -0.489 e. The van der Waals surface area contributed by atoms with E-state index in [2.05, 4.69) is 43.4 Å². The Balaban J connectivity index is 1.94. The Hall–Kier alpha value is -1.51. The van der Waals surface area contributed by atoms with Crippen LogP contribution in [0.5, 0.6) is 5.75 Å². The van der Waals surface area contributed by atoms with E-state index >= 15 is 0 Å². The second-order valence-corrected chi connectivity index (χ2v) is 6.35. The lowest BCUT2D eigenvalue weighted by molar-refractivity contribution is 0.302. The molecule has 2 rings (SSSR count). The molecule has 2 aromatic carbocycles. The van der Waals surface area contributed by atoms with Crippen molar-refractivity contribution < 1.29 is 4.74 Å². The Morgan fingerprint density at radius 1 is 1.09 bits per heavy atom. The summed E-state index contributed by atoms with van der Waals surface area (Å²) in [6.45, 7) is 6.70. The Bertz CT molecular complexity index is 612. The maximum absolute atomic E-state index is 6.13. The highest BCUT2D eigenvalue weighted by molar-refractivity contribution is 6.30. The largest absolute Gasteiger partial charge is 0.489 e. The highest BCUT2D eigenvalue weighted by Crippen LogP contribution is 2.24. The molecule has 0 aromatic heterocycles. The Morgan fingerprint density at radius 2 is 1.96 bits per heavy atom. The van der Waals surface area contributed by atoms with E-state index in [1.165, 1.54) is 30.4 Å². The van der Waals surface area contributed by atoms with Gasteiger partial charge in [0.1, 0.15) is 12.4 Å². The summed E-state index contributed by atoms with van der Waals surface area (Å²) >= 11 is 6.13. The Labute approximate surface area is 144 Å². The Kier molecular flexibility index (Phi) is 7.44. The van der Waals surface area contributed by atoms with Crippen LogP contribution in [0.3, 0.4) is 0 Å². The van der Waals surface area contributed by atoms with Crippen molar-refractivity contribution in [1.29, 1.82) is 0 Å². The predicted molar refractivity (Wildman–Crippen MR) is 98.2 cm³/mol. The third kappa shape index (κ3) is 6.25. The summed E-state index contributed by atoms with van der Waals surface area (Å²) in [4.78, 5) is 0. The average Bonchev–Trinajstić information content (AvgIpc) is 2.54. The molecule has 0 saturated carbocycles. The molecule has 0 aliphatic rings. The number of hydrogen-bond donors (Lipinski definition) is 1. The van der Waals surface area contributed by atoms with Crippen molar-refractivity contribution in [3.05, 3.63) is 64.2 Å². The average molecular weight is 332 g/mol. The van der Waals surface area contributed by atoms with Gasteiger partial charge in [-0.25, -0.2) is 0 Å². The summed E-state index contributed by atoms with van der Waals surface area (Å²) in [6, 6.07) is 14.2. The van der Waals surface area contributed by atoms with E-state index in [-0.39, 0.29) is 0 Å². The van der Waals surface area contributed by atoms with Gasteiger partial charge < -0.3 is 10.1 Å². The number of hydrogen-bond acceptors (Lipinski definition) is 2. The molecule has 2 nitrogen and oxygen atoms in total. The standard InChI is InChI=1S/C20H26ClNO/c1-3-4-5-11-22-14-18-13-19(21)9-10-20(18)23-15-17-8-6-7-16(2)12-17/h6-10,12-13,22H,3-5,11,14-15H2,1-2H3. The minimum absolute atomic E-state index is 0.576. The van der Waals surface area contributed by atoms with Gasteiger partial charge in [-0.15, -0.1) is 0 Å². The van der Waals surface area contributed by atoms with Crippen molar-refractivity contribution in [2.75, 3.05) is 6.54 Å². The molecule has 0 aliphatic carbocycles. The number of benzene rings is 2. The fourth-order valence-electron chi connectivity index (χ4n) is 2.51. The number of unbranched alkanes of at least 4 members (excludes halogenated alkanes) is 2. The lowest BCUT2D eigenvalue weighted by atomic mass is 10.1. The summed E-state index contributed by atoms with van der Waals surface area (Å²) in [7, 11) is 0. The molecule has 0 saturated heterocycles. The first-order valence-electron chi connectivity index (χ1n) is 8.36. The van der Waals surface area contributed by atoms with Gasteiger partial charge in [-0.3, -0.25) is 0 Å². The van der Waals surface area contributed by atoms with Gasteiger partial charge in [-0.1, -0.05) is 61.2 Å². The number of halogens is 1. The zero-order valence-electron chi connectivity index (χ0n) is 14.1. The van der Waals surface area contributed by atoms with Gasteiger partial charge in [-0.2, -0.15) is 0 Å². The van der Waals surface area contributed by atoms with Crippen LogP contribution in [0, 0.1) is 6.92 Å². The highest BCUT2D eigenvalue weighted by Gasteiger charge is 2.05. The van der Waals surface area contributed by atoms with Crippen molar-refractivity contribution in [1.82, 2.24) is 5.32 Å². The van der Waals surface area contributed by atoms with Crippen molar-refractivity contribution in [3.63, 3.8) is 0 Å². The zero-order valence-corrected chi connectivity index (χ0v) is 14.8. The molecule has 2 aromatic rings. The summed E-state index contributed by atoms with van der Waals surface area (Å²) in [6.07, 6.45) is 3.71. The van der Waals surface area contributed by atoms with Crippen molar-refractivity contribution in [2.24, 2.45) is 0 Å². The molecule has 124 valence electrons. The second-order valence-electron chi connectivity index (χ2n) is 5.91. The molecule has 1 N–H and O–H groups in total. The van der Waals surface area contributed by atoms with Crippen LogP contribution in [0.2, 0.25) is 5.02 Å². The molecule has 0 bridgehead atoms. The summed E-state index contributed by atoms with van der Waals surface area (Å²) in [5.41, 5.74) is 3.54.